The van der Waals surface area contributed by atoms with E-state index >= 15 is 0 Å². The molecule has 130 valence electrons. The summed E-state index contributed by atoms with van der Waals surface area (Å²) in [6.07, 6.45) is -0.237. The van der Waals surface area contributed by atoms with E-state index in [0.717, 1.165) is 32.5 Å². The molecule has 6 nitrogen and oxygen atoms in total. The predicted molar refractivity (Wildman–Crippen MR) is 99.6 cm³/mol. The molecule has 0 saturated heterocycles. The summed E-state index contributed by atoms with van der Waals surface area (Å²) in [4.78, 5) is 18.1. The SMILES string of the molecule is O=C1CSc2cc(-c3nc(C4CSc5ccccc5O4)no3)ccc2N1. The summed E-state index contributed by atoms with van der Waals surface area (Å²) < 4.78 is 11.5. The third-order valence-electron chi connectivity index (χ3n) is 4.10. The van der Waals surface area contributed by atoms with E-state index in [4.69, 9.17) is 9.26 Å². The van der Waals surface area contributed by atoms with E-state index in [1.165, 1.54) is 11.8 Å². The van der Waals surface area contributed by atoms with Crippen molar-refractivity contribution in [1.82, 2.24) is 10.1 Å². The van der Waals surface area contributed by atoms with Gasteiger partial charge in [-0.2, -0.15) is 4.98 Å². The van der Waals surface area contributed by atoms with Gasteiger partial charge in [0.25, 0.3) is 5.89 Å². The van der Waals surface area contributed by atoms with Gasteiger partial charge in [0, 0.05) is 21.1 Å². The number of para-hydroxylation sites is 1. The third kappa shape index (κ3) is 2.85. The fraction of sp³-hybridized carbons (Fsp3) is 0.167. The van der Waals surface area contributed by atoms with Crippen LogP contribution in [0.25, 0.3) is 11.5 Å². The first kappa shape index (κ1) is 15.8. The van der Waals surface area contributed by atoms with Crippen LogP contribution in [0.5, 0.6) is 5.75 Å². The lowest BCUT2D eigenvalue weighted by Crippen LogP contribution is -2.18. The molecule has 3 heterocycles. The molecule has 2 aliphatic rings. The van der Waals surface area contributed by atoms with Crippen molar-refractivity contribution in [3.63, 3.8) is 0 Å². The maximum atomic E-state index is 11.5. The number of nitrogens with one attached hydrogen (secondary N) is 1. The van der Waals surface area contributed by atoms with Crippen LogP contribution in [0.1, 0.15) is 11.9 Å². The van der Waals surface area contributed by atoms with Gasteiger partial charge >= 0.3 is 0 Å². The van der Waals surface area contributed by atoms with Crippen LogP contribution in [0, 0.1) is 0 Å². The molecule has 2 aromatic carbocycles. The Morgan fingerprint density at radius 1 is 1.12 bits per heavy atom. The van der Waals surface area contributed by atoms with Crippen molar-refractivity contribution in [3.05, 3.63) is 48.3 Å². The van der Waals surface area contributed by atoms with E-state index in [1.54, 1.807) is 11.8 Å². The lowest BCUT2D eigenvalue weighted by atomic mass is 10.2. The molecular weight excluding hydrogens is 370 g/mol. The number of hydrogen-bond acceptors (Lipinski definition) is 7. The molecule has 26 heavy (non-hydrogen) atoms. The first-order valence-electron chi connectivity index (χ1n) is 8.05. The van der Waals surface area contributed by atoms with Crippen LogP contribution < -0.4 is 10.1 Å². The fourth-order valence-corrected chi connectivity index (χ4v) is 4.66. The van der Waals surface area contributed by atoms with Crippen molar-refractivity contribution < 1.29 is 14.1 Å². The van der Waals surface area contributed by atoms with Crippen LogP contribution in [-0.4, -0.2) is 27.6 Å². The molecule has 1 N–H and O–H groups in total. The van der Waals surface area contributed by atoms with Crippen molar-refractivity contribution >= 4 is 35.1 Å². The van der Waals surface area contributed by atoms with E-state index in [9.17, 15) is 4.79 Å². The second-order valence-corrected chi connectivity index (χ2v) is 7.95. The summed E-state index contributed by atoms with van der Waals surface area (Å²) in [7, 11) is 0. The Balaban J connectivity index is 1.40. The van der Waals surface area contributed by atoms with Crippen LogP contribution in [0.2, 0.25) is 0 Å². The van der Waals surface area contributed by atoms with E-state index in [-0.39, 0.29) is 12.0 Å². The molecule has 0 fully saturated rings. The number of ether oxygens (including phenoxy) is 1. The Morgan fingerprint density at radius 3 is 3.00 bits per heavy atom. The minimum absolute atomic E-state index is 0.0163. The number of hydrogen-bond donors (Lipinski definition) is 1. The first-order chi connectivity index (χ1) is 12.8. The smallest absolute Gasteiger partial charge is 0.258 e. The average Bonchev–Trinajstić information content (AvgIpc) is 3.17. The van der Waals surface area contributed by atoms with Crippen molar-refractivity contribution in [2.24, 2.45) is 0 Å². The van der Waals surface area contributed by atoms with Crippen LogP contribution in [0.15, 0.2) is 56.8 Å². The Morgan fingerprint density at radius 2 is 2.04 bits per heavy atom. The molecule has 0 spiro atoms. The standard InChI is InChI=1S/C18H13N3O3S2/c22-16-9-26-15-7-10(5-6-11(15)19-16)18-20-17(21-24-18)13-8-25-14-4-2-1-3-12(14)23-13/h1-7,13H,8-9H2,(H,19,22). The quantitative estimate of drug-likeness (QED) is 0.716. The number of rotatable bonds is 2. The Labute approximate surface area is 157 Å². The highest BCUT2D eigenvalue weighted by atomic mass is 32.2. The van der Waals surface area contributed by atoms with Gasteiger partial charge in [-0.1, -0.05) is 17.3 Å². The van der Waals surface area contributed by atoms with Crippen molar-refractivity contribution in [3.8, 4) is 17.2 Å². The number of anilines is 1. The van der Waals surface area contributed by atoms with Crippen molar-refractivity contribution in [2.75, 3.05) is 16.8 Å². The lowest BCUT2D eigenvalue weighted by molar-refractivity contribution is -0.113. The number of carbonyl (C=O) groups excluding carboxylic acids is 1. The molecule has 0 bridgehead atoms. The normalized spacial score (nSPS) is 18.5. The van der Waals surface area contributed by atoms with Crippen molar-refractivity contribution in [1.29, 1.82) is 0 Å². The molecule has 1 unspecified atom stereocenters. The molecule has 2 aliphatic heterocycles. The highest BCUT2D eigenvalue weighted by Crippen LogP contribution is 2.40. The summed E-state index contributed by atoms with van der Waals surface area (Å²) >= 11 is 3.23. The molecule has 0 radical (unpaired) electrons. The van der Waals surface area contributed by atoms with Crippen LogP contribution >= 0.6 is 23.5 Å². The van der Waals surface area contributed by atoms with E-state index < -0.39 is 0 Å². The fourth-order valence-electron chi connectivity index (χ4n) is 2.84. The number of fused-ring (bicyclic) bond motifs is 2. The van der Waals surface area contributed by atoms with Gasteiger partial charge < -0.3 is 14.6 Å². The topological polar surface area (TPSA) is 77.2 Å². The van der Waals surface area contributed by atoms with Gasteiger partial charge in [-0.05, 0) is 30.3 Å². The molecular formula is C18H13N3O3S2. The van der Waals surface area contributed by atoms with Gasteiger partial charge in [-0.3, -0.25) is 4.79 Å². The maximum absolute atomic E-state index is 11.5. The highest BCUT2D eigenvalue weighted by molar-refractivity contribution is 8.00. The number of nitrogens with zero attached hydrogens (tertiary/aromatic N) is 2. The van der Waals surface area contributed by atoms with Crippen molar-refractivity contribution in [2.45, 2.75) is 15.9 Å². The third-order valence-corrected chi connectivity index (χ3v) is 6.27. The number of carbonyl (C=O) groups is 1. The second kappa shape index (κ2) is 6.37. The predicted octanol–water partition coefficient (Wildman–Crippen LogP) is 4.01. The number of thioether (sulfide) groups is 2. The summed E-state index contributed by atoms with van der Waals surface area (Å²) in [6, 6.07) is 13.6. The van der Waals surface area contributed by atoms with E-state index in [2.05, 4.69) is 15.5 Å². The van der Waals surface area contributed by atoms with Gasteiger partial charge in [-0.25, -0.2) is 0 Å². The van der Waals surface area contributed by atoms with Gasteiger partial charge in [0.15, 0.2) is 6.10 Å². The zero-order chi connectivity index (χ0) is 17.5. The number of aromatic nitrogens is 2. The van der Waals surface area contributed by atoms with Gasteiger partial charge in [-0.15, -0.1) is 23.5 Å². The number of amides is 1. The Hall–Kier alpha value is -2.45. The molecule has 0 aliphatic carbocycles. The lowest BCUT2D eigenvalue weighted by Gasteiger charge is -2.22. The molecule has 0 saturated carbocycles. The molecule has 1 amide bonds. The van der Waals surface area contributed by atoms with Crippen LogP contribution in [0.3, 0.4) is 0 Å². The summed E-state index contributed by atoms with van der Waals surface area (Å²) in [5, 5.41) is 6.97. The zero-order valence-electron chi connectivity index (χ0n) is 13.5. The summed E-state index contributed by atoms with van der Waals surface area (Å²) in [5.74, 6) is 3.01. The summed E-state index contributed by atoms with van der Waals surface area (Å²) in [5.41, 5.74) is 1.65. The maximum Gasteiger partial charge on any atom is 0.258 e. The second-order valence-electron chi connectivity index (χ2n) is 5.87. The Kier molecular flexibility index (Phi) is 3.86. The molecule has 1 atom stereocenters. The van der Waals surface area contributed by atoms with E-state index in [0.29, 0.717) is 17.5 Å². The molecule has 1 aromatic heterocycles. The monoisotopic (exact) mass is 383 g/mol. The van der Waals surface area contributed by atoms with Crippen LogP contribution in [0.4, 0.5) is 5.69 Å². The largest absolute Gasteiger partial charge is 0.480 e. The van der Waals surface area contributed by atoms with E-state index in [1.807, 2.05) is 42.5 Å². The molecule has 8 heteroatoms. The van der Waals surface area contributed by atoms with Gasteiger partial charge in [0.1, 0.15) is 5.75 Å². The Bertz CT molecular complexity index is 1000. The average molecular weight is 383 g/mol. The number of benzene rings is 2. The minimum atomic E-state index is -0.237. The minimum Gasteiger partial charge on any atom is -0.480 e. The zero-order valence-corrected chi connectivity index (χ0v) is 15.1. The highest BCUT2D eigenvalue weighted by Gasteiger charge is 2.26. The van der Waals surface area contributed by atoms with Gasteiger partial charge in [0.05, 0.1) is 11.4 Å². The van der Waals surface area contributed by atoms with Crippen LogP contribution in [-0.2, 0) is 4.79 Å². The summed E-state index contributed by atoms with van der Waals surface area (Å²) in [6.45, 7) is 0. The van der Waals surface area contributed by atoms with Gasteiger partial charge in [0.2, 0.25) is 11.7 Å². The molecule has 3 aromatic rings. The first-order valence-corrected chi connectivity index (χ1v) is 10.0. The molecule has 5 rings (SSSR count).